The molecule has 0 spiro atoms. The maximum Gasteiger partial charge on any atom is 0.280 e. The lowest BCUT2D eigenvalue weighted by atomic mass is 10.1. The van der Waals surface area contributed by atoms with E-state index < -0.39 is 10.0 Å². The van der Waals surface area contributed by atoms with Gasteiger partial charge in [-0.1, -0.05) is 23.4 Å². The second-order valence-electron chi connectivity index (χ2n) is 8.16. The Balaban J connectivity index is 1.35. The molecule has 37 heavy (non-hydrogen) atoms. The molecule has 0 unspecified atom stereocenters. The normalized spacial score (nSPS) is 14.9. The highest BCUT2D eigenvalue weighted by Crippen LogP contribution is 2.31. The lowest BCUT2D eigenvalue weighted by Gasteiger charge is -2.13. The summed E-state index contributed by atoms with van der Waals surface area (Å²) in [7, 11) is -2.30. The number of carbonyl (C=O) groups is 1. The third-order valence-corrected chi connectivity index (χ3v) is 6.66. The van der Waals surface area contributed by atoms with Crippen molar-refractivity contribution in [2.45, 2.75) is 18.6 Å². The number of aromatic nitrogens is 3. The van der Waals surface area contributed by atoms with Crippen molar-refractivity contribution in [3.63, 3.8) is 0 Å². The Morgan fingerprint density at radius 2 is 1.78 bits per heavy atom. The number of anilines is 1. The Morgan fingerprint density at radius 1 is 1.03 bits per heavy atom. The maximum absolute atomic E-state index is 13.1. The standard InChI is InChI=1S/C25H22N6O5S/c1-16-20(25(32)31(28-16)18-8-10-19(11-9-18)37(26,33)34)13-17-7-12-23(24(14-17)35-2)36-15-30-22-6-4-3-5-21(22)27-29-30/h3-14H,15H2,1-2H3,(H2,26,33,34)/b20-13-. The van der Waals surface area contributed by atoms with Gasteiger partial charge in [0, 0.05) is 0 Å². The molecule has 188 valence electrons. The maximum atomic E-state index is 13.1. The van der Waals surface area contributed by atoms with Gasteiger partial charge in [0.1, 0.15) is 5.52 Å². The molecule has 11 nitrogen and oxygen atoms in total. The number of nitrogens with zero attached hydrogens (tertiary/aromatic N) is 5. The van der Waals surface area contributed by atoms with Crippen LogP contribution in [0.15, 0.2) is 82.3 Å². The molecule has 0 atom stereocenters. The van der Waals surface area contributed by atoms with Crippen LogP contribution in [0.25, 0.3) is 17.1 Å². The second kappa shape index (κ2) is 9.48. The number of amides is 1. The minimum atomic E-state index is -3.84. The van der Waals surface area contributed by atoms with Gasteiger partial charge in [0.25, 0.3) is 5.91 Å². The number of fused-ring (bicyclic) bond motifs is 1. The number of rotatable bonds is 7. The Bertz CT molecular complexity index is 1680. The third-order valence-electron chi connectivity index (χ3n) is 5.73. The summed E-state index contributed by atoms with van der Waals surface area (Å²) in [5.74, 6) is 0.636. The second-order valence-corrected chi connectivity index (χ2v) is 9.72. The van der Waals surface area contributed by atoms with Gasteiger partial charge >= 0.3 is 0 Å². The highest BCUT2D eigenvalue weighted by molar-refractivity contribution is 7.89. The highest BCUT2D eigenvalue weighted by atomic mass is 32.2. The SMILES string of the molecule is COc1cc(/C=C2\C(=O)N(c3ccc(S(N)(=O)=O)cc3)N=C2C)ccc1OCn1nnc2ccccc21. The van der Waals surface area contributed by atoms with Crippen molar-refractivity contribution in [2.24, 2.45) is 10.2 Å². The topological polar surface area (TPSA) is 142 Å². The van der Waals surface area contributed by atoms with E-state index in [0.29, 0.717) is 34.0 Å². The van der Waals surface area contributed by atoms with Crippen LogP contribution in [0, 0.1) is 0 Å². The van der Waals surface area contributed by atoms with Gasteiger partial charge in [-0.15, -0.1) is 5.10 Å². The molecule has 0 radical (unpaired) electrons. The first kappa shape index (κ1) is 24.2. The van der Waals surface area contributed by atoms with Gasteiger partial charge in [-0.05, 0) is 67.1 Å². The zero-order valence-corrected chi connectivity index (χ0v) is 20.7. The molecular formula is C25H22N6O5S. The van der Waals surface area contributed by atoms with E-state index in [1.807, 2.05) is 24.3 Å². The van der Waals surface area contributed by atoms with Crippen molar-refractivity contribution in [3.05, 3.63) is 77.9 Å². The van der Waals surface area contributed by atoms with Gasteiger partial charge in [0.15, 0.2) is 18.2 Å². The van der Waals surface area contributed by atoms with Crippen LogP contribution in [-0.4, -0.2) is 42.1 Å². The molecule has 1 amide bonds. The number of nitrogens with two attached hydrogens (primary N) is 1. The lowest BCUT2D eigenvalue weighted by molar-refractivity contribution is -0.114. The van der Waals surface area contributed by atoms with E-state index in [1.54, 1.807) is 35.9 Å². The lowest BCUT2D eigenvalue weighted by Crippen LogP contribution is -2.21. The number of hydrazone groups is 1. The molecular weight excluding hydrogens is 496 g/mol. The van der Waals surface area contributed by atoms with E-state index >= 15 is 0 Å². The first-order chi connectivity index (χ1) is 17.7. The summed E-state index contributed by atoms with van der Waals surface area (Å²) in [6.45, 7) is 1.86. The molecule has 2 N–H and O–H groups in total. The van der Waals surface area contributed by atoms with E-state index in [4.69, 9.17) is 14.6 Å². The van der Waals surface area contributed by atoms with Crippen LogP contribution in [0.5, 0.6) is 11.5 Å². The largest absolute Gasteiger partial charge is 0.493 e. The van der Waals surface area contributed by atoms with E-state index in [2.05, 4.69) is 15.4 Å². The van der Waals surface area contributed by atoms with Crippen molar-refractivity contribution >= 4 is 44.4 Å². The number of benzene rings is 3. The number of hydrogen-bond acceptors (Lipinski definition) is 8. The number of ether oxygens (including phenoxy) is 2. The van der Waals surface area contributed by atoms with Crippen molar-refractivity contribution < 1.29 is 22.7 Å². The Morgan fingerprint density at radius 3 is 2.51 bits per heavy atom. The minimum absolute atomic E-state index is 0.0502. The molecule has 4 aromatic rings. The monoisotopic (exact) mass is 518 g/mol. The van der Waals surface area contributed by atoms with E-state index in [-0.39, 0.29) is 17.5 Å². The fourth-order valence-corrected chi connectivity index (χ4v) is 4.36. The number of sulfonamides is 1. The van der Waals surface area contributed by atoms with Crippen LogP contribution < -0.4 is 19.6 Å². The number of methoxy groups -OCH3 is 1. The smallest absolute Gasteiger partial charge is 0.280 e. The number of hydrogen-bond donors (Lipinski definition) is 1. The zero-order valence-electron chi connectivity index (χ0n) is 19.9. The molecule has 1 aliphatic rings. The van der Waals surface area contributed by atoms with Gasteiger partial charge < -0.3 is 9.47 Å². The molecule has 1 aliphatic heterocycles. The van der Waals surface area contributed by atoms with Gasteiger partial charge in [-0.25, -0.2) is 18.2 Å². The fraction of sp³-hybridized carbons (Fsp3) is 0.120. The van der Waals surface area contributed by atoms with Crippen LogP contribution in [0.3, 0.4) is 0 Å². The zero-order chi connectivity index (χ0) is 26.2. The fourth-order valence-electron chi connectivity index (χ4n) is 3.84. The summed E-state index contributed by atoms with van der Waals surface area (Å²) < 4.78 is 36.1. The van der Waals surface area contributed by atoms with Crippen LogP contribution in [0.2, 0.25) is 0 Å². The summed E-state index contributed by atoms with van der Waals surface area (Å²) >= 11 is 0. The molecule has 0 saturated heterocycles. The molecule has 5 rings (SSSR count). The van der Waals surface area contributed by atoms with Crippen LogP contribution in [0.1, 0.15) is 12.5 Å². The first-order valence-electron chi connectivity index (χ1n) is 11.1. The van der Waals surface area contributed by atoms with Gasteiger partial charge in [0.2, 0.25) is 10.0 Å². The molecule has 0 bridgehead atoms. The number of primary sulfonamides is 1. The summed E-state index contributed by atoms with van der Waals surface area (Å²) in [5, 5.41) is 18.9. The van der Waals surface area contributed by atoms with Gasteiger partial charge in [0.05, 0.1) is 34.5 Å². The average Bonchev–Trinajstić information content (AvgIpc) is 3.43. The van der Waals surface area contributed by atoms with E-state index in [1.165, 1.54) is 36.4 Å². The highest BCUT2D eigenvalue weighted by Gasteiger charge is 2.29. The quantitative estimate of drug-likeness (QED) is 0.371. The Hall–Kier alpha value is -4.55. The minimum Gasteiger partial charge on any atom is -0.493 e. The summed E-state index contributed by atoms with van der Waals surface area (Å²) in [6.07, 6.45) is 1.71. The van der Waals surface area contributed by atoms with Crippen molar-refractivity contribution in [2.75, 3.05) is 12.1 Å². The van der Waals surface area contributed by atoms with Crippen molar-refractivity contribution in [3.8, 4) is 11.5 Å². The third kappa shape index (κ3) is 4.79. The summed E-state index contributed by atoms with van der Waals surface area (Å²) in [6, 6.07) is 18.5. The van der Waals surface area contributed by atoms with E-state index in [0.717, 1.165) is 11.0 Å². The van der Waals surface area contributed by atoms with Crippen LogP contribution >= 0.6 is 0 Å². The number of carbonyl (C=O) groups excluding carboxylic acids is 1. The molecule has 0 saturated carbocycles. The van der Waals surface area contributed by atoms with Crippen LogP contribution in [0.4, 0.5) is 5.69 Å². The summed E-state index contributed by atoms with van der Waals surface area (Å²) in [5.41, 5.74) is 3.65. The van der Waals surface area contributed by atoms with Crippen molar-refractivity contribution in [1.29, 1.82) is 0 Å². The molecule has 1 aromatic heterocycles. The Kier molecular flexibility index (Phi) is 6.19. The van der Waals surface area contributed by atoms with Gasteiger partial charge in [-0.3, -0.25) is 4.79 Å². The summed E-state index contributed by atoms with van der Waals surface area (Å²) in [4.78, 5) is 13.0. The first-order valence-corrected chi connectivity index (χ1v) is 12.6. The van der Waals surface area contributed by atoms with Crippen molar-refractivity contribution in [1.82, 2.24) is 15.0 Å². The molecule has 12 heteroatoms. The molecule has 0 aliphatic carbocycles. The van der Waals surface area contributed by atoms with Crippen LogP contribution in [-0.2, 0) is 21.5 Å². The van der Waals surface area contributed by atoms with Gasteiger partial charge in [-0.2, -0.15) is 10.1 Å². The number of para-hydroxylation sites is 1. The predicted octanol–water partition coefficient (Wildman–Crippen LogP) is 2.93. The predicted molar refractivity (Wildman–Crippen MR) is 138 cm³/mol. The van der Waals surface area contributed by atoms with E-state index in [9.17, 15) is 13.2 Å². The molecule has 2 heterocycles. The Labute approximate surface area is 212 Å². The molecule has 3 aromatic carbocycles. The molecule has 0 fully saturated rings. The average molecular weight is 519 g/mol.